The first-order valence-corrected chi connectivity index (χ1v) is 6.39. The zero-order valence-corrected chi connectivity index (χ0v) is 12.4. The molecule has 0 spiro atoms. The van der Waals surface area contributed by atoms with Crippen molar-refractivity contribution < 1.29 is 14.5 Å². The van der Waals surface area contributed by atoms with Crippen LogP contribution in [0.15, 0.2) is 18.2 Å². The molecule has 0 heterocycles. The fourth-order valence-corrected chi connectivity index (χ4v) is 1.73. The smallest absolute Gasteiger partial charge is 0.328 e. The van der Waals surface area contributed by atoms with Crippen molar-refractivity contribution in [1.82, 2.24) is 0 Å². The minimum absolute atomic E-state index is 0.135. The summed E-state index contributed by atoms with van der Waals surface area (Å²) in [6.07, 6.45) is -0.236. The third-order valence-corrected chi connectivity index (χ3v) is 2.97. The molecule has 0 saturated heterocycles. The molecule has 7 nitrogen and oxygen atoms in total. The topological polar surface area (TPSA) is 96.5 Å². The van der Waals surface area contributed by atoms with Crippen LogP contribution in [0.5, 0.6) is 0 Å². The summed E-state index contributed by atoms with van der Waals surface area (Å²) in [5.74, 6) is -0.422. The summed E-state index contributed by atoms with van der Waals surface area (Å²) in [5, 5.41) is 19.8. The average molecular weight is 291 g/mol. The second-order valence-corrected chi connectivity index (χ2v) is 4.84. The third-order valence-electron chi connectivity index (χ3n) is 2.97. The number of nitro benzene ring substituents is 1. The Morgan fingerprint density at radius 2 is 2.05 bits per heavy atom. The van der Waals surface area contributed by atoms with E-state index in [1.165, 1.54) is 18.2 Å². The van der Waals surface area contributed by atoms with Gasteiger partial charge in [0.15, 0.2) is 0 Å². The molecule has 21 heavy (non-hydrogen) atoms. The van der Waals surface area contributed by atoms with Gasteiger partial charge in [-0.1, -0.05) is 0 Å². The van der Waals surface area contributed by atoms with Gasteiger partial charge in [0.05, 0.1) is 22.3 Å². The molecule has 1 aromatic carbocycles. The highest BCUT2D eigenvalue weighted by Crippen LogP contribution is 2.25. The number of likely N-dealkylation sites (N-methyl/N-ethyl adjacent to an activating group) is 1. The number of non-ortho nitro benzene ring substituents is 1. The van der Waals surface area contributed by atoms with Crippen LogP contribution in [0.1, 0.15) is 26.3 Å². The number of carbonyl (C=O) groups excluding carboxylic acids is 1. The highest BCUT2D eigenvalue weighted by molar-refractivity contribution is 5.80. The Bertz CT molecular complexity index is 592. The number of rotatable bonds is 5. The number of esters is 1. The summed E-state index contributed by atoms with van der Waals surface area (Å²) in [4.78, 5) is 23.6. The van der Waals surface area contributed by atoms with E-state index in [9.17, 15) is 14.9 Å². The van der Waals surface area contributed by atoms with Gasteiger partial charge in [-0.25, -0.2) is 4.79 Å². The molecule has 0 aliphatic heterocycles. The largest absolute Gasteiger partial charge is 0.461 e. The maximum atomic E-state index is 11.9. The summed E-state index contributed by atoms with van der Waals surface area (Å²) in [7, 11) is 1.63. The van der Waals surface area contributed by atoms with Gasteiger partial charge in [0.1, 0.15) is 12.1 Å². The molecule has 0 fully saturated rings. The van der Waals surface area contributed by atoms with Gasteiger partial charge in [0.25, 0.3) is 5.69 Å². The number of nitriles is 1. The molecule has 1 rings (SSSR count). The lowest BCUT2D eigenvalue weighted by Crippen LogP contribution is -2.38. The zero-order valence-electron chi connectivity index (χ0n) is 12.4. The van der Waals surface area contributed by atoms with Gasteiger partial charge in [-0.15, -0.1) is 0 Å². The summed E-state index contributed by atoms with van der Waals surface area (Å²) in [5.41, 5.74) is 0.410. The van der Waals surface area contributed by atoms with Gasteiger partial charge < -0.3 is 9.64 Å². The van der Waals surface area contributed by atoms with Gasteiger partial charge in [-0.05, 0) is 26.8 Å². The van der Waals surface area contributed by atoms with Crippen molar-refractivity contribution in [3.05, 3.63) is 33.9 Å². The fourth-order valence-electron chi connectivity index (χ4n) is 1.73. The van der Waals surface area contributed by atoms with Gasteiger partial charge >= 0.3 is 5.97 Å². The number of hydrogen-bond donors (Lipinski definition) is 0. The van der Waals surface area contributed by atoms with E-state index in [1.807, 2.05) is 6.07 Å². The van der Waals surface area contributed by atoms with Crippen LogP contribution in [0.4, 0.5) is 11.4 Å². The Hall–Kier alpha value is -2.62. The van der Waals surface area contributed by atoms with Crippen LogP contribution in [-0.2, 0) is 9.53 Å². The monoisotopic (exact) mass is 291 g/mol. The van der Waals surface area contributed by atoms with Gasteiger partial charge in [-0.2, -0.15) is 5.26 Å². The highest BCUT2D eigenvalue weighted by Gasteiger charge is 2.23. The molecule has 1 aromatic rings. The van der Waals surface area contributed by atoms with Crippen LogP contribution in [-0.4, -0.2) is 30.1 Å². The zero-order chi connectivity index (χ0) is 16.2. The van der Waals surface area contributed by atoms with E-state index < -0.39 is 16.9 Å². The van der Waals surface area contributed by atoms with E-state index in [1.54, 1.807) is 32.7 Å². The molecule has 0 aliphatic carbocycles. The first-order chi connectivity index (χ1) is 9.77. The molecule has 1 unspecified atom stereocenters. The van der Waals surface area contributed by atoms with Gasteiger partial charge in [0.2, 0.25) is 0 Å². The van der Waals surface area contributed by atoms with Crippen molar-refractivity contribution >= 4 is 17.3 Å². The lowest BCUT2D eigenvalue weighted by Gasteiger charge is -2.26. The number of benzene rings is 1. The molecule has 7 heteroatoms. The first kappa shape index (κ1) is 16.4. The quantitative estimate of drug-likeness (QED) is 0.469. The third kappa shape index (κ3) is 3.92. The molecule has 1 atom stereocenters. The number of ether oxygens (including phenoxy) is 1. The minimum atomic E-state index is -0.610. The van der Waals surface area contributed by atoms with Crippen molar-refractivity contribution in [2.24, 2.45) is 0 Å². The number of nitro groups is 1. The summed E-state index contributed by atoms with van der Waals surface area (Å²) in [6.45, 7) is 5.14. The van der Waals surface area contributed by atoms with Crippen LogP contribution in [0.3, 0.4) is 0 Å². The van der Waals surface area contributed by atoms with Crippen LogP contribution in [0, 0.1) is 21.4 Å². The fraction of sp³-hybridized carbons (Fsp3) is 0.429. The van der Waals surface area contributed by atoms with Gasteiger partial charge in [0, 0.05) is 19.2 Å². The normalized spacial score (nSPS) is 11.6. The van der Waals surface area contributed by atoms with Crippen LogP contribution >= 0.6 is 0 Å². The molecule has 0 aliphatic rings. The Labute approximate surface area is 122 Å². The number of anilines is 1. The molecule has 112 valence electrons. The second-order valence-electron chi connectivity index (χ2n) is 4.84. The van der Waals surface area contributed by atoms with E-state index in [0.717, 1.165) is 0 Å². The lowest BCUT2D eigenvalue weighted by atomic mass is 10.1. The summed E-state index contributed by atoms with van der Waals surface area (Å²) < 4.78 is 5.12. The van der Waals surface area contributed by atoms with E-state index in [0.29, 0.717) is 5.69 Å². The Morgan fingerprint density at radius 3 is 2.52 bits per heavy atom. The Kier molecular flexibility index (Phi) is 5.24. The molecule has 0 amide bonds. The highest BCUT2D eigenvalue weighted by atomic mass is 16.6. The average Bonchev–Trinajstić information content (AvgIpc) is 2.44. The maximum Gasteiger partial charge on any atom is 0.328 e. The van der Waals surface area contributed by atoms with Crippen LogP contribution in [0.25, 0.3) is 0 Å². The predicted octanol–water partition coefficient (Wildman–Crippen LogP) is 2.24. The second kappa shape index (κ2) is 6.70. The van der Waals surface area contributed by atoms with E-state index in [2.05, 4.69) is 0 Å². The Balaban J connectivity index is 3.07. The Morgan fingerprint density at radius 1 is 1.43 bits per heavy atom. The van der Waals surface area contributed by atoms with E-state index in [4.69, 9.17) is 10.00 Å². The van der Waals surface area contributed by atoms with Crippen LogP contribution < -0.4 is 4.90 Å². The molecular weight excluding hydrogens is 274 g/mol. The molecule has 0 N–H and O–H groups in total. The predicted molar refractivity (Wildman–Crippen MR) is 76.9 cm³/mol. The number of nitrogens with zero attached hydrogens (tertiary/aromatic N) is 3. The van der Waals surface area contributed by atoms with Gasteiger partial charge in [-0.3, -0.25) is 10.1 Å². The molecule has 0 aromatic heterocycles. The van der Waals surface area contributed by atoms with Crippen molar-refractivity contribution in [3.8, 4) is 6.07 Å². The minimum Gasteiger partial charge on any atom is -0.461 e. The number of hydrogen-bond acceptors (Lipinski definition) is 6. The van der Waals surface area contributed by atoms with Crippen molar-refractivity contribution in [2.45, 2.75) is 32.9 Å². The molecule has 0 saturated carbocycles. The molecular formula is C14H17N3O4. The van der Waals surface area contributed by atoms with Crippen molar-refractivity contribution in [2.75, 3.05) is 11.9 Å². The standard InChI is InChI=1S/C14H17N3O4/c1-9(2)21-14(18)10(3)16(4)13-6-5-12(17(19)20)7-11(13)8-15/h5-7,9-10H,1-4H3. The number of carbonyl (C=O) groups is 1. The summed E-state index contributed by atoms with van der Waals surface area (Å²) in [6, 6.07) is 5.24. The summed E-state index contributed by atoms with van der Waals surface area (Å²) >= 11 is 0. The van der Waals surface area contributed by atoms with E-state index in [-0.39, 0.29) is 17.4 Å². The first-order valence-electron chi connectivity index (χ1n) is 6.39. The SMILES string of the molecule is CC(C)OC(=O)C(C)N(C)c1ccc([N+](=O)[O-])cc1C#N. The van der Waals surface area contributed by atoms with Crippen LogP contribution in [0.2, 0.25) is 0 Å². The molecule has 0 radical (unpaired) electrons. The lowest BCUT2D eigenvalue weighted by molar-refractivity contribution is -0.384. The van der Waals surface area contributed by atoms with Crippen molar-refractivity contribution in [1.29, 1.82) is 5.26 Å². The molecule has 0 bridgehead atoms. The van der Waals surface area contributed by atoms with E-state index >= 15 is 0 Å². The maximum absolute atomic E-state index is 11.9. The van der Waals surface area contributed by atoms with Crippen molar-refractivity contribution in [3.63, 3.8) is 0 Å².